The van der Waals surface area contributed by atoms with Crippen molar-refractivity contribution in [1.82, 2.24) is 0 Å². The van der Waals surface area contributed by atoms with Gasteiger partial charge in [0.25, 0.3) is 6.47 Å². The van der Waals surface area contributed by atoms with Crippen molar-refractivity contribution in [1.29, 1.82) is 0 Å². The van der Waals surface area contributed by atoms with E-state index in [4.69, 9.17) is 4.74 Å². The zero-order valence-electron chi connectivity index (χ0n) is 16.6. The van der Waals surface area contributed by atoms with Crippen molar-refractivity contribution in [2.24, 2.45) is 5.41 Å². The zero-order chi connectivity index (χ0) is 19.3. The molecule has 1 aromatic rings. The molecule has 2 fully saturated rings. The standard InChI is InChI=1S/C23H34O4/c1-22(11-12-22)9-5-2-3-7-18-15-19(21(26)20(25)16-18)8-4-6-10-23(13-14-23)27-17-24/h15-17,25-26H,2-14H2,1H3. The molecule has 1 aromatic carbocycles. The summed E-state index contributed by atoms with van der Waals surface area (Å²) in [5.41, 5.74) is 2.38. The van der Waals surface area contributed by atoms with E-state index in [1.54, 1.807) is 6.07 Å². The number of carbonyl (C=O) groups is 1. The summed E-state index contributed by atoms with van der Waals surface area (Å²) in [6.45, 7) is 2.94. The molecule has 2 N–H and O–H groups in total. The number of ether oxygens (including phenoxy) is 1. The molecule has 0 unspecified atom stereocenters. The van der Waals surface area contributed by atoms with Gasteiger partial charge in [0, 0.05) is 0 Å². The predicted octanol–water partition coefficient (Wildman–Crippen LogP) is 5.42. The van der Waals surface area contributed by atoms with E-state index in [2.05, 4.69) is 6.92 Å². The summed E-state index contributed by atoms with van der Waals surface area (Å²) in [5, 5.41) is 20.2. The maximum Gasteiger partial charge on any atom is 0.293 e. The zero-order valence-corrected chi connectivity index (χ0v) is 16.6. The van der Waals surface area contributed by atoms with Gasteiger partial charge in [0.15, 0.2) is 11.5 Å². The van der Waals surface area contributed by atoms with E-state index in [0.29, 0.717) is 11.9 Å². The van der Waals surface area contributed by atoms with Crippen LogP contribution in [0.1, 0.15) is 88.7 Å². The summed E-state index contributed by atoms with van der Waals surface area (Å²) in [6, 6.07) is 3.75. The van der Waals surface area contributed by atoms with Gasteiger partial charge in [-0.2, -0.15) is 0 Å². The highest BCUT2D eigenvalue weighted by molar-refractivity contribution is 5.47. The van der Waals surface area contributed by atoms with Gasteiger partial charge in [-0.15, -0.1) is 0 Å². The number of unbranched alkanes of at least 4 members (excludes halogenated alkanes) is 3. The predicted molar refractivity (Wildman–Crippen MR) is 106 cm³/mol. The van der Waals surface area contributed by atoms with Gasteiger partial charge in [0.05, 0.1) is 0 Å². The lowest BCUT2D eigenvalue weighted by atomic mass is 9.97. The highest BCUT2D eigenvalue weighted by Gasteiger charge is 2.44. The molecule has 0 spiro atoms. The molecule has 3 rings (SSSR count). The summed E-state index contributed by atoms with van der Waals surface area (Å²) < 4.78 is 5.17. The number of phenols is 2. The second-order valence-electron chi connectivity index (χ2n) is 9.10. The molecule has 0 radical (unpaired) electrons. The summed E-state index contributed by atoms with van der Waals surface area (Å²) in [4.78, 5) is 10.5. The molecule has 2 saturated carbocycles. The third-order valence-corrected chi connectivity index (χ3v) is 6.51. The van der Waals surface area contributed by atoms with Gasteiger partial charge in [-0.3, -0.25) is 4.79 Å². The molecule has 0 aromatic heterocycles. The van der Waals surface area contributed by atoms with Gasteiger partial charge in [-0.25, -0.2) is 0 Å². The third kappa shape index (κ3) is 5.88. The number of hydrogen-bond donors (Lipinski definition) is 2. The lowest BCUT2D eigenvalue weighted by molar-refractivity contribution is -0.135. The van der Waals surface area contributed by atoms with E-state index in [1.165, 1.54) is 32.1 Å². The van der Waals surface area contributed by atoms with Crippen LogP contribution in [0.2, 0.25) is 0 Å². The molecule has 2 aliphatic carbocycles. The fraction of sp³-hybridized carbons (Fsp3) is 0.696. The summed E-state index contributed by atoms with van der Waals surface area (Å²) in [6.07, 6.45) is 14.2. The lowest BCUT2D eigenvalue weighted by Gasteiger charge is -2.13. The molecule has 150 valence electrons. The molecular weight excluding hydrogens is 340 g/mol. The van der Waals surface area contributed by atoms with Gasteiger partial charge >= 0.3 is 0 Å². The first kappa shape index (κ1) is 20.0. The van der Waals surface area contributed by atoms with Crippen molar-refractivity contribution in [3.8, 4) is 11.5 Å². The fourth-order valence-electron chi connectivity index (χ4n) is 4.03. The van der Waals surface area contributed by atoms with E-state index in [1.807, 2.05) is 6.07 Å². The van der Waals surface area contributed by atoms with Crippen LogP contribution in [0.3, 0.4) is 0 Å². The van der Waals surface area contributed by atoms with E-state index in [9.17, 15) is 15.0 Å². The SMILES string of the molecule is CC1(CCCCCc2cc(O)c(O)c(CCCCC3(OC=O)CC3)c2)CC1. The second kappa shape index (κ2) is 8.53. The molecule has 27 heavy (non-hydrogen) atoms. The first-order valence-corrected chi connectivity index (χ1v) is 10.6. The molecule has 0 atom stereocenters. The number of carbonyl (C=O) groups excluding carboxylic acids is 1. The monoisotopic (exact) mass is 374 g/mol. The Morgan fingerprint density at radius 1 is 0.963 bits per heavy atom. The average Bonchev–Trinajstić information content (AvgIpc) is 3.55. The number of benzene rings is 1. The minimum Gasteiger partial charge on any atom is -0.504 e. The molecule has 0 bridgehead atoms. The van der Waals surface area contributed by atoms with Crippen molar-refractivity contribution in [3.63, 3.8) is 0 Å². The van der Waals surface area contributed by atoms with Crippen molar-refractivity contribution < 1.29 is 19.7 Å². The van der Waals surface area contributed by atoms with E-state index < -0.39 is 0 Å². The van der Waals surface area contributed by atoms with Crippen molar-refractivity contribution in [2.45, 2.75) is 96.0 Å². The normalized spacial score (nSPS) is 18.9. The number of aryl methyl sites for hydroxylation is 2. The second-order valence-corrected chi connectivity index (χ2v) is 9.10. The molecule has 0 aliphatic heterocycles. The van der Waals surface area contributed by atoms with Crippen LogP contribution in [-0.2, 0) is 22.4 Å². The van der Waals surface area contributed by atoms with Crippen molar-refractivity contribution in [2.75, 3.05) is 0 Å². The summed E-state index contributed by atoms with van der Waals surface area (Å²) in [5.74, 6) is 0.0154. The largest absolute Gasteiger partial charge is 0.504 e. The Kier molecular flexibility index (Phi) is 6.33. The topological polar surface area (TPSA) is 66.8 Å². The van der Waals surface area contributed by atoms with Gasteiger partial charge in [0.1, 0.15) is 5.60 Å². The maximum absolute atomic E-state index is 10.5. The van der Waals surface area contributed by atoms with Gasteiger partial charge in [-0.05, 0) is 93.2 Å². The van der Waals surface area contributed by atoms with Crippen LogP contribution in [-0.4, -0.2) is 22.3 Å². The molecule has 4 nitrogen and oxygen atoms in total. The molecule has 2 aliphatic rings. The highest BCUT2D eigenvalue weighted by atomic mass is 16.5. The van der Waals surface area contributed by atoms with Crippen LogP contribution in [0.5, 0.6) is 11.5 Å². The first-order chi connectivity index (χ1) is 13.0. The van der Waals surface area contributed by atoms with Gasteiger partial charge in [0.2, 0.25) is 0 Å². The fourth-order valence-corrected chi connectivity index (χ4v) is 4.03. The van der Waals surface area contributed by atoms with Crippen molar-refractivity contribution >= 4 is 6.47 Å². The van der Waals surface area contributed by atoms with E-state index in [0.717, 1.165) is 62.5 Å². The van der Waals surface area contributed by atoms with Gasteiger partial charge < -0.3 is 14.9 Å². The van der Waals surface area contributed by atoms with Crippen molar-refractivity contribution in [3.05, 3.63) is 23.3 Å². The maximum atomic E-state index is 10.5. The Morgan fingerprint density at radius 3 is 2.33 bits per heavy atom. The minimum atomic E-state index is -0.203. The van der Waals surface area contributed by atoms with Crippen LogP contribution in [0.4, 0.5) is 0 Å². The van der Waals surface area contributed by atoms with Gasteiger partial charge in [-0.1, -0.05) is 25.8 Å². The van der Waals surface area contributed by atoms with Crippen LogP contribution < -0.4 is 0 Å². The summed E-state index contributed by atoms with van der Waals surface area (Å²) >= 11 is 0. The Labute approximate surface area is 162 Å². The lowest BCUT2D eigenvalue weighted by Crippen LogP contribution is -2.12. The molecule has 0 amide bonds. The Balaban J connectivity index is 1.41. The first-order valence-electron chi connectivity index (χ1n) is 10.6. The number of rotatable bonds is 13. The Bertz CT molecular complexity index is 644. The molecule has 0 saturated heterocycles. The highest BCUT2D eigenvalue weighted by Crippen LogP contribution is 2.49. The summed E-state index contributed by atoms with van der Waals surface area (Å²) in [7, 11) is 0. The number of phenolic OH excluding ortho intramolecular Hbond substituents is 2. The van der Waals surface area contributed by atoms with Crippen LogP contribution >= 0.6 is 0 Å². The van der Waals surface area contributed by atoms with Crippen LogP contribution in [0.25, 0.3) is 0 Å². The number of hydrogen-bond acceptors (Lipinski definition) is 4. The van der Waals surface area contributed by atoms with Crippen LogP contribution in [0, 0.1) is 5.41 Å². The molecular formula is C23H34O4. The van der Waals surface area contributed by atoms with E-state index in [-0.39, 0.29) is 17.1 Å². The Hall–Kier alpha value is -1.71. The minimum absolute atomic E-state index is 0.00376. The quantitative estimate of drug-likeness (QED) is 0.275. The Morgan fingerprint density at radius 2 is 1.67 bits per heavy atom. The van der Waals surface area contributed by atoms with Crippen LogP contribution in [0.15, 0.2) is 12.1 Å². The number of aromatic hydroxyl groups is 2. The molecule has 4 heteroatoms. The molecule has 0 heterocycles. The third-order valence-electron chi connectivity index (χ3n) is 6.51. The smallest absolute Gasteiger partial charge is 0.293 e. The van der Waals surface area contributed by atoms with E-state index >= 15 is 0 Å². The average molecular weight is 375 g/mol.